The van der Waals surface area contributed by atoms with Gasteiger partial charge >= 0.3 is 5.97 Å². The molecule has 5 rings (SSSR count). The Bertz CT molecular complexity index is 1520. The van der Waals surface area contributed by atoms with E-state index in [0.717, 1.165) is 12.9 Å². The van der Waals surface area contributed by atoms with Crippen molar-refractivity contribution in [2.75, 3.05) is 0 Å². The first-order valence-corrected chi connectivity index (χ1v) is 13.9. The summed E-state index contributed by atoms with van der Waals surface area (Å²) >= 11 is 4.34. The topological polar surface area (TPSA) is 35.5 Å². The van der Waals surface area contributed by atoms with Gasteiger partial charge < -0.3 is 9.47 Å². The molecule has 0 N–H and O–H groups in total. The van der Waals surface area contributed by atoms with E-state index in [1.807, 2.05) is 18.2 Å². The maximum atomic E-state index is 11.9. The molecule has 0 bridgehead atoms. The van der Waals surface area contributed by atoms with E-state index in [2.05, 4.69) is 112 Å². The highest BCUT2D eigenvalue weighted by molar-refractivity contribution is 14.1. The molecule has 168 valence electrons. The van der Waals surface area contributed by atoms with Crippen LogP contribution in [0.5, 0.6) is 17.2 Å². The lowest BCUT2D eigenvalue weighted by Gasteiger charge is -2.12. The van der Waals surface area contributed by atoms with Gasteiger partial charge in [0.2, 0.25) is 0 Å². The number of ether oxygens (including phenoxy) is 2. The molecule has 0 saturated carbocycles. The number of hydrogen-bond donors (Lipinski definition) is 0. The summed E-state index contributed by atoms with van der Waals surface area (Å²) in [5, 5.41) is 2.64. The highest BCUT2D eigenvalue weighted by Crippen LogP contribution is 2.48. The maximum absolute atomic E-state index is 11.9. The lowest BCUT2D eigenvalue weighted by atomic mass is 10.2. The second-order valence-electron chi connectivity index (χ2n) is 7.75. The first-order chi connectivity index (χ1) is 16.4. The highest BCUT2D eigenvalue weighted by Gasteiger charge is 2.23. The first-order valence-electron chi connectivity index (χ1n) is 10.5. The first kappa shape index (κ1) is 23.3. The van der Waals surface area contributed by atoms with Gasteiger partial charge in [-0.25, -0.2) is 4.79 Å². The Kier molecular flexibility index (Phi) is 6.63. The number of carbonyl (C=O) groups excluding carboxylic acids is 1. The van der Waals surface area contributed by atoms with Gasteiger partial charge in [-0.1, -0.05) is 30.8 Å². The molecule has 3 nitrogen and oxygen atoms in total. The maximum Gasteiger partial charge on any atom is 0.338 e. The molecular formula is C28H19I2O3S+. The van der Waals surface area contributed by atoms with Crippen LogP contribution in [0.3, 0.4) is 0 Å². The van der Waals surface area contributed by atoms with E-state index < -0.39 is 5.97 Å². The summed E-state index contributed by atoms with van der Waals surface area (Å²) < 4.78 is 16.0. The normalized spacial score (nSPS) is 11.0. The summed E-state index contributed by atoms with van der Waals surface area (Å²) in [4.78, 5) is 13.1. The fourth-order valence-electron chi connectivity index (χ4n) is 3.73. The summed E-state index contributed by atoms with van der Waals surface area (Å²) in [5.41, 5.74) is 0.361. The average Bonchev–Trinajstić information content (AvgIpc) is 3.17. The molecule has 0 unspecified atom stereocenters. The van der Waals surface area contributed by atoms with Crippen molar-refractivity contribution in [1.29, 1.82) is 0 Å². The number of rotatable bonds is 5. The van der Waals surface area contributed by atoms with Crippen LogP contribution in [0.1, 0.15) is 6.92 Å². The fourth-order valence-corrected chi connectivity index (χ4v) is 7.21. The van der Waals surface area contributed by atoms with Crippen LogP contribution in [0.4, 0.5) is 0 Å². The Hall–Kier alpha value is -2.43. The summed E-state index contributed by atoms with van der Waals surface area (Å²) in [5.74, 6) is 1.54. The molecule has 0 fully saturated rings. The molecule has 0 spiro atoms. The van der Waals surface area contributed by atoms with Crippen LogP contribution in [0.2, 0.25) is 0 Å². The van der Waals surface area contributed by atoms with Crippen LogP contribution in [-0.4, -0.2) is 5.97 Å². The molecule has 0 aliphatic heterocycles. The molecule has 6 heteroatoms. The van der Waals surface area contributed by atoms with Crippen LogP contribution >= 0.6 is 55.7 Å². The molecule has 0 atom stereocenters. The van der Waals surface area contributed by atoms with Gasteiger partial charge in [0.1, 0.15) is 17.2 Å². The third-order valence-electron chi connectivity index (χ3n) is 5.33. The van der Waals surface area contributed by atoms with Crippen LogP contribution in [-0.2, 0) is 4.79 Å². The number of esters is 1. The summed E-state index contributed by atoms with van der Waals surface area (Å²) in [6.45, 7) is 5.26. The minimum Gasteiger partial charge on any atom is -0.456 e. The molecule has 4 aromatic carbocycles. The largest absolute Gasteiger partial charge is 0.456 e. The standard InChI is InChI=1S/C28H19I2O3S/c1-17(2)28(31)33-25-16-22(29)24(15-23(25)30)32-18-11-13-19(14-12-18)34-26-9-5-3-7-20(26)21-8-4-6-10-27(21)34/h3-16H,1H2,2H3/q+1. The Morgan fingerprint density at radius 2 is 1.32 bits per heavy atom. The van der Waals surface area contributed by atoms with Crippen molar-refractivity contribution in [1.82, 2.24) is 0 Å². The van der Waals surface area contributed by atoms with Gasteiger partial charge in [-0.3, -0.25) is 0 Å². The van der Waals surface area contributed by atoms with Gasteiger partial charge in [0, 0.05) is 38.9 Å². The monoisotopic (exact) mass is 689 g/mol. The quantitative estimate of drug-likeness (QED) is 0.0607. The summed E-state index contributed by atoms with van der Waals surface area (Å²) in [7, 11) is -0.130. The molecule has 0 amide bonds. The van der Waals surface area contributed by atoms with Gasteiger partial charge in [0.25, 0.3) is 0 Å². The van der Waals surface area contributed by atoms with Crippen molar-refractivity contribution < 1.29 is 14.3 Å². The molecule has 0 saturated heterocycles. The number of fused-ring (bicyclic) bond motifs is 3. The number of hydrogen-bond acceptors (Lipinski definition) is 3. The number of thiophene rings is 1. The highest BCUT2D eigenvalue weighted by atomic mass is 127. The van der Waals surface area contributed by atoms with Gasteiger partial charge in [-0.05, 0) is 101 Å². The molecule has 1 aromatic heterocycles. The molecule has 0 aliphatic rings. The van der Waals surface area contributed by atoms with E-state index in [9.17, 15) is 4.79 Å². The number of carbonyl (C=O) groups is 1. The molecular weight excluding hydrogens is 670 g/mol. The van der Waals surface area contributed by atoms with E-state index in [1.165, 1.54) is 25.1 Å². The lowest BCUT2D eigenvalue weighted by Crippen LogP contribution is -2.09. The molecule has 34 heavy (non-hydrogen) atoms. The Morgan fingerprint density at radius 3 is 1.91 bits per heavy atom. The Labute approximate surface area is 227 Å². The second-order valence-corrected chi connectivity index (χ2v) is 12.0. The van der Waals surface area contributed by atoms with Crippen molar-refractivity contribution in [3.63, 3.8) is 0 Å². The van der Waals surface area contributed by atoms with E-state index in [1.54, 1.807) is 13.0 Å². The minimum absolute atomic E-state index is 0.130. The second kappa shape index (κ2) is 9.67. The predicted octanol–water partition coefficient (Wildman–Crippen LogP) is 9.21. The third kappa shape index (κ3) is 4.46. The van der Waals surface area contributed by atoms with Crippen LogP contribution in [0.25, 0.3) is 25.1 Å². The van der Waals surface area contributed by atoms with Crippen molar-refractivity contribution in [3.05, 3.63) is 104 Å². The Balaban J connectivity index is 1.45. The van der Waals surface area contributed by atoms with Gasteiger partial charge in [0.05, 0.1) is 7.14 Å². The predicted molar refractivity (Wildman–Crippen MR) is 158 cm³/mol. The fraction of sp³-hybridized carbons (Fsp3) is 0.0357. The van der Waals surface area contributed by atoms with Gasteiger partial charge in [0.15, 0.2) is 14.3 Å². The van der Waals surface area contributed by atoms with Crippen molar-refractivity contribution in [3.8, 4) is 22.1 Å². The lowest BCUT2D eigenvalue weighted by molar-refractivity contribution is -0.130. The van der Waals surface area contributed by atoms with E-state index in [-0.39, 0.29) is 10.5 Å². The van der Waals surface area contributed by atoms with Crippen LogP contribution < -0.4 is 9.47 Å². The molecule has 5 aromatic rings. The zero-order chi connectivity index (χ0) is 23.8. The number of benzene rings is 4. The van der Waals surface area contributed by atoms with E-state index in [4.69, 9.17) is 9.47 Å². The summed E-state index contributed by atoms with van der Waals surface area (Å²) in [6, 6.07) is 29.3. The third-order valence-corrected chi connectivity index (χ3v) is 9.35. The molecule has 0 aliphatic carbocycles. The van der Waals surface area contributed by atoms with Crippen LogP contribution in [0, 0.1) is 7.14 Å². The zero-order valence-electron chi connectivity index (χ0n) is 18.2. The van der Waals surface area contributed by atoms with Gasteiger partial charge in [-0.2, -0.15) is 0 Å². The Morgan fingerprint density at radius 1 is 0.794 bits per heavy atom. The molecule has 1 heterocycles. The molecule has 0 radical (unpaired) electrons. The van der Waals surface area contributed by atoms with Gasteiger partial charge in [-0.15, -0.1) is 0 Å². The zero-order valence-corrected chi connectivity index (χ0v) is 23.3. The SMILES string of the molecule is C=C(C)C(=O)Oc1cc(I)c(Oc2ccc(-[s+]3c4ccccc4c4ccccc43)cc2)cc1I. The van der Waals surface area contributed by atoms with Crippen molar-refractivity contribution in [2.45, 2.75) is 6.92 Å². The van der Waals surface area contributed by atoms with Crippen molar-refractivity contribution in [2.24, 2.45) is 0 Å². The van der Waals surface area contributed by atoms with E-state index in [0.29, 0.717) is 17.1 Å². The average molecular weight is 689 g/mol. The van der Waals surface area contributed by atoms with Crippen LogP contribution in [0.15, 0.2) is 97.1 Å². The summed E-state index contributed by atoms with van der Waals surface area (Å²) in [6.07, 6.45) is 0. The smallest absolute Gasteiger partial charge is 0.338 e. The van der Waals surface area contributed by atoms with Crippen molar-refractivity contribution >= 4 is 81.8 Å². The number of halogens is 2. The van der Waals surface area contributed by atoms with E-state index >= 15 is 0 Å². The minimum atomic E-state index is -0.436.